The van der Waals surface area contributed by atoms with Crippen molar-refractivity contribution in [2.75, 3.05) is 5.32 Å². The second-order valence-corrected chi connectivity index (χ2v) is 8.24. The van der Waals surface area contributed by atoms with Crippen LogP contribution in [0.2, 0.25) is 5.02 Å². The van der Waals surface area contributed by atoms with E-state index in [1.54, 1.807) is 30.3 Å². The van der Waals surface area contributed by atoms with E-state index >= 15 is 0 Å². The number of amides is 1. The minimum atomic E-state index is -0.441. The van der Waals surface area contributed by atoms with Crippen molar-refractivity contribution in [1.29, 1.82) is 0 Å². The Morgan fingerprint density at radius 3 is 2.70 bits per heavy atom. The van der Waals surface area contributed by atoms with Gasteiger partial charge in [0.2, 0.25) is 5.89 Å². The number of rotatable bonds is 4. The van der Waals surface area contributed by atoms with E-state index in [1.165, 1.54) is 5.56 Å². The molecule has 0 saturated heterocycles. The average Bonchev–Trinajstić information content (AvgIpc) is 3.44. The topological polar surface area (TPSA) is 80.3 Å². The number of nitrogens with zero attached hydrogens (tertiary/aromatic N) is 1. The van der Waals surface area contributed by atoms with Crippen molar-refractivity contribution in [2.45, 2.75) is 13.3 Å². The third-order valence-corrected chi connectivity index (χ3v) is 5.72. The minimum Gasteiger partial charge on any atom is -0.451 e. The Morgan fingerprint density at radius 1 is 1.03 bits per heavy atom. The molecule has 0 radical (unpaired) electrons. The zero-order chi connectivity index (χ0) is 22.9. The smallest absolute Gasteiger partial charge is 0.293 e. The maximum Gasteiger partial charge on any atom is 0.293 e. The minimum absolute atomic E-state index is 0.124. The molecule has 2 N–H and O–H groups in total. The maximum atomic E-state index is 12.5. The fourth-order valence-corrected chi connectivity index (χ4v) is 3.90. The summed E-state index contributed by atoms with van der Waals surface area (Å²) in [6.45, 7) is 2.09. The van der Waals surface area contributed by atoms with Gasteiger partial charge in [0.05, 0.1) is 10.6 Å². The Morgan fingerprint density at radius 2 is 1.88 bits per heavy atom. The summed E-state index contributed by atoms with van der Waals surface area (Å²) in [5.74, 6) is 0.141. The number of fused-ring (bicyclic) bond motifs is 2. The van der Waals surface area contributed by atoms with Gasteiger partial charge in [0.15, 0.2) is 16.5 Å². The van der Waals surface area contributed by atoms with Gasteiger partial charge in [-0.1, -0.05) is 42.8 Å². The molecule has 0 unspecified atom stereocenters. The molecule has 2 heterocycles. The Hall–Kier alpha value is -3.68. The first kappa shape index (κ1) is 21.2. The van der Waals surface area contributed by atoms with Crippen LogP contribution in [0.1, 0.15) is 23.0 Å². The number of halogens is 1. The fraction of sp³-hybridized carbons (Fsp3) is 0.0800. The van der Waals surface area contributed by atoms with Gasteiger partial charge in [-0.25, -0.2) is 4.98 Å². The Balaban J connectivity index is 1.34. The molecule has 0 aliphatic rings. The summed E-state index contributed by atoms with van der Waals surface area (Å²) in [6.07, 6.45) is 0.912. The number of hydrogen-bond donors (Lipinski definition) is 2. The monoisotopic (exact) mass is 475 g/mol. The zero-order valence-corrected chi connectivity index (χ0v) is 19.1. The fourth-order valence-electron chi connectivity index (χ4n) is 3.50. The molecule has 164 valence electrons. The molecule has 0 fully saturated rings. The summed E-state index contributed by atoms with van der Waals surface area (Å²) >= 11 is 11.7. The summed E-state index contributed by atoms with van der Waals surface area (Å²) in [7, 11) is 0. The molecule has 0 aliphatic heterocycles. The Labute approximate surface area is 199 Å². The molecule has 5 rings (SSSR count). The molecule has 2 aromatic heterocycles. The SMILES string of the molecule is CCc1ccc2oc(-c3cc(NC(=S)NC(=O)c4cc5ccccc5o4)ccc3Cl)nc2c1. The number of aryl methyl sites for hydroxylation is 1. The highest BCUT2D eigenvalue weighted by atomic mass is 35.5. The van der Waals surface area contributed by atoms with E-state index < -0.39 is 5.91 Å². The molecule has 0 bridgehead atoms. The number of oxazole rings is 1. The van der Waals surface area contributed by atoms with Crippen LogP contribution in [0.15, 0.2) is 75.6 Å². The van der Waals surface area contributed by atoms with Gasteiger partial charge in [0.25, 0.3) is 5.91 Å². The quantitative estimate of drug-likeness (QED) is 0.286. The van der Waals surface area contributed by atoms with Gasteiger partial charge < -0.3 is 14.2 Å². The number of carbonyl (C=O) groups is 1. The average molecular weight is 476 g/mol. The van der Waals surface area contributed by atoms with Crippen LogP contribution >= 0.6 is 23.8 Å². The van der Waals surface area contributed by atoms with Crippen LogP contribution in [-0.4, -0.2) is 16.0 Å². The first-order chi connectivity index (χ1) is 16.0. The number of anilines is 1. The van der Waals surface area contributed by atoms with Crippen LogP contribution in [0.4, 0.5) is 5.69 Å². The number of para-hydroxylation sites is 1. The highest BCUT2D eigenvalue weighted by Gasteiger charge is 2.16. The van der Waals surface area contributed by atoms with E-state index in [2.05, 4.69) is 22.5 Å². The lowest BCUT2D eigenvalue weighted by Gasteiger charge is -2.10. The van der Waals surface area contributed by atoms with Gasteiger partial charge in [-0.05, 0) is 66.7 Å². The van der Waals surface area contributed by atoms with E-state index in [-0.39, 0.29) is 10.9 Å². The van der Waals surface area contributed by atoms with Gasteiger partial charge in [-0.2, -0.15) is 0 Å². The standard InChI is InChI=1S/C25H18ClN3O3S/c1-2-14-7-10-21-19(11-14)28-24(32-21)17-13-16(8-9-18(17)26)27-25(33)29-23(30)22-12-15-5-3-4-6-20(15)31-22/h3-13H,2H2,1H3,(H2,27,29,30,33). The highest BCUT2D eigenvalue weighted by Crippen LogP contribution is 2.32. The van der Waals surface area contributed by atoms with Crippen molar-refractivity contribution in [2.24, 2.45) is 0 Å². The van der Waals surface area contributed by atoms with E-state index in [4.69, 9.17) is 32.7 Å². The second-order valence-electron chi connectivity index (χ2n) is 7.43. The van der Waals surface area contributed by atoms with Crippen LogP contribution < -0.4 is 10.6 Å². The Bertz CT molecular complexity index is 1490. The largest absolute Gasteiger partial charge is 0.451 e. The molecule has 5 aromatic rings. The van der Waals surface area contributed by atoms with Crippen molar-refractivity contribution in [1.82, 2.24) is 10.3 Å². The van der Waals surface area contributed by atoms with Gasteiger partial charge in [-0.15, -0.1) is 0 Å². The lowest BCUT2D eigenvalue weighted by molar-refractivity contribution is 0.0953. The van der Waals surface area contributed by atoms with Gasteiger partial charge >= 0.3 is 0 Å². The van der Waals surface area contributed by atoms with Crippen molar-refractivity contribution < 1.29 is 13.6 Å². The number of carbonyl (C=O) groups excluding carboxylic acids is 1. The number of furan rings is 1. The van der Waals surface area contributed by atoms with E-state index in [0.29, 0.717) is 33.3 Å². The highest BCUT2D eigenvalue weighted by molar-refractivity contribution is 7.80. The Kier molecular flexibility index (Phi) is 5.58. The van der Waals surface area contributed by atoms with Gasteiger partial charge in [0, 0.05) is 11.1 Å². The van der Waals surface area contributed by atoms with Crippen molar-refractivity contribution in [3.05, 3.63) is 83.1 Å². The van der Waals surface area contributed by atoms with Crippen molar-refractivity contribution in [3.63, 3.8) is 0 Å². The van der Waals surface area contributed by atoms with Crippen molar-refractivity contribution in [3.8, 4) is 11.5 Å². The molecular formula is C25H18ClN3O3S. The molecule has 0 spiro atoms. The van der Waals surface area contributed by atoms with E-state index in [9.17, 15) is 4.79 Å². The van der Waals surface area contributed by atoms with Crippen LogP contribution in [0, 0.1) is 0 Å². The van der Waals surface area contributed by atoms with Crippen LogP contribution in [0.25, 0.3) is 33.5 Å². The molecule has 1 amide bonds. The number of thiocarbonyl (C=S) groups is 1. The third kappa shape index (κ3) is 4.33. The molecule has 8 heteroatoms. The maximum absolute atomic E-state index is 12.5. The number of nitrogens with one attached hydrogen (secondary N) is 2. The van der Waals surface area contributed by atoms with E-state index in [0.717, 1.165) is 17.3 Å². The second kappa shape index (κ2) is 8.69. The number of hydrogen-bond acceptors (Lipinski definition) is 5. The van der Waals surface area contributed by atoms with Crippen LogP contribution in [0.5, 0.6) is 0 Å². The predicted octanol–water partition coefficient (Wildman–Crippen LogP) is 6.58. The third-order valence-electron chi connectivity index (χ3n) is 5.19. The summed E-state index contributed by atoms with van der Waals surface area (Å²) in [5, 5.41) is 7.08. The summed E-state index contributed by atoms with van der Waals surface area (Å²) in [5.41, 5.74) is 4.50. The molecular weight excluding hydrogens is 458 g/mol. The first-order valence-electron chi connectivity index (χ1n) is 10.3. The number of aromatic nitrogens is 1. The summed E-state index contributed by atoms with van der Waals surface area (Å²) in [6, 6.07) is 20.2. The lowest BCUT2D eigenvalue weighted by Crippen LogP contribution is -2.33. The first-order valence-corrected chi connectivity index (χ1v) is 11.1. The summed E-state index contributed by atoms with van der Waals surface area (Å²) < 4.78 is 11.5. The molecule has 3 aromatic carbocycles. The summed E-state index contributed by atoms with van der Waals surface area (Å²) in [4.78, 5) is 17.1. The predicted molar refractivity (Wildman–Crippen MR) is 134 cm³/mol. The molecule has 6 nitrogen and oxygen atoms in total. The zero-order valence-electron chi connectivity index (χ0n) is 17.5. The molecule has 33 heavy (non-hydrogen) atoms. The van der Waals surface area contributed by atoms with Crippen LogP contribution in [0.3, 0.4) is 0 Å². The van der Waals surface area contributed by atoms with Gasteiger partial charge in [-0.3, -0.25) is 10.1 Å². The van der Waals surface area contributed by atoms with Crippen LogP contribution in [-0.2, 0) is 6.42 Å². The van der Waals surface area contributed by atoms with Gasteiger partial charge in [0.1, 0.15) is 11.1 Å². The lowest BCUT2D eigenvalue weighted by atomic mass is 10.1. The van der Waals surface area contributed by atoms with Crippen molar-refractivity contribution >= 4 is 62.6 Å². The molecule has 0 atom stereocenters. The number of benzene rings is 3. The molecule has 0 saturated carbocycles. The normalized spacial score (nSPS) is 11.1. The van der Waals surface area contributed by atoms with E-state index in [1.807, 2.05) is 36.4 Å². The molecule has 0 aliphatic carbocycles.